The highest BCUT2D eigenvalue weighted by Crippen LogP contribution is 2.60. The van der Waals surface area contributed by atoms with E-state index in [-0.39, 0.29) is 23.1 Å². The molecule has 0 saturated heterocycles. The van der Waals surface area contributed by atoms with Gasteiger partial charge in [0.1, 0.15) is 0 Å². The van der Waals surface area contributed by atoms with Gasteiger partial charge in [0.15, 0.2) is 0 Å². The summed E-state index contributed by atoms with van der Waals surface area (Å²) in [7, 11) is -3.17. The van der Waals surface area contributed by atoms with E-state index in [1.807, 2.05) is 0 Å². The molecule has 0 radical (unpaired) electrons. The summed E-state index contributed by atoms with van der Waals surface area (Å²) in [6, 6.07) is 3.57. The molecule has 8 heteroatoms. The molecule has 3 fully saturated rings. The Morgan fingerprint density at radius 3 is 2.67 bits per heavy atom. The van der Waals surface area contributed by atoms with Gasteiger partial charge in [-0.3, -0.25) is 5.10 Å². The molecule has 3 aliphatic rings. The zero-order valence-corrected chi connectivity index (χ0v) is 14.4. The minimum atomic E-state index is -3.17. The third kappa shape index (κ3) is 2.22. The maximum absolute atomic E-state index is 12.1. The average Bonchev–Trinajstić information content (AvgIpc) is 3.37. The van der Waals surface area contributed by atoms with Crippen molar-refractivity contribution in [2.75, 3.05) is 0 Å². The summed E-state index contributed by atoms with van der Waals surface area (Å²) < 4.78 is 27.0. The largest absolute Gasteiger partial charge is 0.385 e. The number of nitrogens with one attached hydrogen (secondary N) is 2. The Morgan fingerprint density at radius 1 is 1.29 bits per heavy atom. The van der Waals surface area contributed by atoms with Crippen molar-refractivity contribution in [3.05, 3.63) is 28.9 Å². The van der Waals surface area contributed by atoms with Crippen molar-refractivity contribution in [3.63, 3.8) is 0 Å². The van der Waals surface area contributed by atoms with Crippen LogP contribution >= 0.6 is 11.6 Å². The number of halogens is 1. The van der Waals surface area contributed by atoms with E-state index < -0.39 is 15.6 Å². The van der Waals surface area contributed by atoms with Crippen LogP contribution in [0.1, 0.15) is 31.2 Å². The molecule has 24 heavy (non-hydrogen) atoms. The number of benzene rings is 1. The van der Waals surface area contributed by atoms with Crippen molar-refractivity contribution < 1.29 is 13.5 Å². The molecule has 0 spiro atoms. The van der Waals surface area contributed by atoms with Gasteiger partial charge in [-0.1, -0.05) is 11.6 Å². The molecule has 5 rings (SSSR count). The molecule has 0 amide bonds. The highest BCUT2D eigenvalue weighted by molar-refractivity contribution is 7.90. The Morgan fingerprint density at radius 2 is 2.00 bits per heavy atom. The van der Waals surface area contributed by atoms with Crippen LogP contribution in [-0.4, -0.2) is 35.0 Å². The van der Waals surface area contributed by atoms with Gasteiger partial charge in [0.05, 0.1) is 22.6 Å². The standard InChI is InChI=1S/C16H18ClN3O3S/c17-8-3-13(12-7-18-19-14(12)4-8)16(21)5-10-11(6-16)15(10)20-24(22,23)9-1-2-9/h3-4,7,9-11,15,20-21H,1-2,5-6H2,(H,18,19)/t10-,11+,15+,16+. The second kappa shape index (κ2) is 4.72. The van der Waals surface area contributed by atoms with Crippen LogP contribution in [0.4, 0.5) is 0 Å². The summed E-state index contributed by atoms with van der Waals surface area (Å²) in [6.45, 7) is 0. The van der Waals surface area contributed by atoms with Crippen molar-refractivity contribution in [1.29, 1.82) is 0 Å². The number of aromatic amines is 1. The molecule has 3 saturated carbocycles. The first-order valence-corrected chi connectivity index (χ1v) is 10.2. The molecule has 3 N–H and O–H groups in total. The number of fused-ring (bicyclic) bond motifs is 2. The number of hydrogen-bond acceptors (Lipinski definition) is 4. The average molecular weight is 368 g/mol. The van der Waals surface area contributed by atoms with E-state index in [2.05, 4.69) is 14.9 Å². The first kappa shape index (κ1) is 15.1. The molecular weight excluding hydrogens is 350 g/mol. The van der Waals surface area contributed by atoms with Crippen LogP contribution in [0, 0.1) is 11.8 Å². The van der Waals surface area contributed by atoms with Crippen LogP contribution in [0.15, 0.2) is 18.3 Å². The predicted molar refractivity (Wildman–Crippen MR) is 90.1 cm³/mol. The van der Waals surface area contributed by atoms with E-state index in [0.717, 1.165) is 29.3 Å². The van der Waals surface area contributed by atoms with Gasteiger partial charge in [-0.25, -0.2) is 13.1 Å². The molecule has 0 aliphatic heterocycles. The van der Waals surface area contributed by atoms with E-state index >= 15 is 0 Å². The number of rotatable bonds is 4. The molecular formula is C16H18ClN3O3S. The Balaban J connectivity index is 1.39. The molecule has 3 aliphatic carbocycles. The maximum atomic E-state index is 12.1. The van der Waals surface area contributed by atoms with E-state index in [9.17, 15) is 13.5 Å². The highest BCUT2D eigenvalue weighted by atomic mass is 35.5. The van der Waals surface area contributed by atoms with Crippen molar-refractivity contribution in [3.8, 4) is 0 Å². The fourth-order valence-corrected chi connectivity index (χ4v) is 6.22. The normalized spacial score (nSPS) is 35.3. The monoisotopic (exact) mass is 367 g/mol. The summed E-state index contributed by atoms with van der Waals surface area (Å²) in [5, 5.41) is 19.3. The molecule has 0 bridgehead atoms. The number of aromatic nitrogens is 2. The summed E-state index contributed by atoms with van der Waals surface area (Å²) in [5.74, 6) is 0.397. The lowest BCUT2D eigenvalue weighted by molar-refractivity contribution is 0.0303. The number of H-pyrrole nitrogens is 1. The van der Waals surface area contributed by atoms with E-state index in [1.165, 1.54) is 0 Å². The summed E-state index contributed by atoms with van der Waals surface area (Å²) in [6.07, 6.45) is 4.34. The van der Waals surface area contributed by atoms with Crippen LogP contribution in [-0.2, 0) is 15.6 Å². The van der Waals surface area contributed by atoms with E-state index in [0.29, 0.717) is 17.9 Å². The van der Waals surface area contributed by atoms with Gasteiger partial charge in [-0.15, -0.1) is 0 Å². The topological polar surface area (TPSA) is 95.1 Å². The van der Waals surface area contributed by atoms with Crippen molar-refractivity contribution in [1.82, 2.24) is 14.9 Å². The first-order valence-electron chi connectivity index (χ1n) is 8.24. The van der Waals surface area contributed by atoms with Crippen LogP contribution < -0.4 is 4.72 Å². The zero-order chi connectivity index (χ0) is 16.7. The van der Waals surface area contributed by atoms with Crippen molar-refractivity contribution in [2.24, 2.45) is 11.8 Å². The smallest absolute Gasteiger partial charge is 0.214 e. The minimum absolute atomic E-state index is 0.0186. The summed E-state index contributed by atoms with van der Waals surface area (Å²) >= 11 is 6.18. The lowest BCUT2D eigenvalue weighted by atomic mass is 9.86. The molecule has 1 aromatic carbocycles. The van der Waals surface area contributed by atoms with Crippen molar-refractivity contribution >= 4 is 32.5 Å². The fraction of sp³-hybridized carbons (Fsp3) is 0.562. The summed E-state index contributed by atoms with van der Waals surface area (Å²) in [4.78, 5) is 0. The first-order chi connectivity index (χ1) is 11.4. The van der Waals surface area contributed by atoms with Crippen LogP contribution in [0.3, 0.4) is 0 Å². The van der Waals surface area contributed by atoms with Gasteiger partial charge < -0.3 is 5.11 Å². The quantitative estimate of drug-likeness (QED) is 0.769. The van der Waals surface area contributed by atoms with Gasteiger partial charge in [0.2, 0.25) is 10.0 Å². The lowest BCUT2D eigenvalue weighted by Crippen LogP contribution is -2.35. The lowest BCUT2D eigenvalue weighted by Gasteiger charge is -2.27. The second-order valence-electron chi connectivity index (χ2n) is 7.44. The Bertz CT molecular complexity index is 925. The number of nitrogens with zero attached hydrogens (tertiary/aromatic N) is 1. The van der Waals surface area contributed by atoms with Gasteiger partial charge in [0.25, 0.3) is 0 Å². The van der Waals surface area contributed by atoms with Crippen LogP contribution in [0.5, 0.6) is 0 Å². The van der Waals surface area contributed by atoms with Crippen LogP contribution in [0.2, 0.25) is 5.02 Å². The van der Waals surface area contributed by atoms with Gasteiger partial charge in [0, 0.05) is 16.5 Å². The zero-order valence-electron chi connectivity index (χ0n) is 12.9. The number of hydrogen-bond donors (Lipinski definition) is 3. The van der Waals surface area contributed by atoms with E-state index in [1.54, 1.807) is 18.3 Å². The number of sulfonamides is 1. The van der Waals surface area contributed by atoms with Crippen molar-refractivity contribution in [2.45, 2.75) is 42.6 Å². The molecule has 2 aromatic rings. The van der Waals surface area contributed by atoms with Crippen LogP contribution in [0.25, 0.3) is 10.9 Å². The molecule has 128 valence electrons. The minimum Gasteiger partial charge on any atom is -0.385 e. The molecule has 4 atom stereocenters. The Hall–Kier alpha value is -1.15. The predicted octanol–water partition coefficient (Wildman–Crippen LogP) is 1.89. The molecule has 0 unspecified atom stereocenters. The summed E-state index contributed by atoms with van der Waals surface area (Å²) in [5.41, 5.74) is 0.622. The van der Waals surface area contributed by atoms with Gasteiger partial charge in [-0.2, -0.15) is 5.10 Å². The molecule has 6 nitrogen and oxygen atoms in total. The van der Waals surface area contributed by atoms with Gasteiger partial charge >= 0.3 is 0 Å². The maximum Gasteiger partial charge on any atom is 0.214 e. The fourth-order valence-electron chi connectivity index (χ4n) is 4.32. The molecule has 1 heterocycles. The SMILES string of the molecule is O=S(=O)(N[C@H]1[C@@H]2C[C@@](O)(c3cc(Cl)cc4[nH]ncc34)C[C@@H]21)C1CC1. The Kier molecular flexibility index (Phi) is 2.98. The van der Waals surface area contributed by atoms with Gasteiger partial charge in [-0.05, 0) is 55.2 Å². The second-order valence-corrected chi connectivity index (χ2v) is 9.87. The highest BCUT2D eigenvalue weighted by Gasteiger charge is 2.63. The van der Waals surface area contributed by atoms with E-state index in [4.69, 9.17) is 11.6 Å². The Labute approximate surface area is 144 Å². The molecule has 1 aromatic heterocycles. The third-order valence-electron chi connectivity index (χ3n) is 5.77. The third-order valence-corrected chi connectivity index (χ3v) is 7.93. The number of aliphatic hydroxyl groups is 1.